The van der Waals surface area contributed by atoms with Crippen molar-refractivity contribution in [2.24, 2.45) is 10.7 Å². The minimum Gasteiger partial charge on any atom is -0.493 e. The number of hydrogen-bond acceptors (Lipinski definition) is 3. The average molecular weight is 288 g/mol. The molecule has 6 heteroatoms. The summed E-state index contributed by atoms with van der Waals surface area (Å²) in [4.78, 5) is 18.1. The number of nitrogens with one attached hydrogen (secondary N) is 1. The number of nitrogens with zero attached hydrogens (tertiary/aromatic N) is 2. The van der Waals surface area contributed by atoms with Gasteiger partial charge < -0.3 is 20.7 Å². The topological polar surface area (TPSA) is 79.9 Å². The van der Waals surface area contributed by atoms with E-state index >= 15 is 0 Å². The Morgan fingerprint density at radius 1 is 1.43 bits per heavy atom. The number of para-hydroxylation sites is 1. The summed E-state index contributed by atoms with van der Waals surface area (Å²) >= 11 is 0. The van der Waals surface area contributed by atoms with Crippen LogP contribution >= 0.6 is 0 Å². The second kappa shape index (κ2) is 6.03. The second-order valence-corrected chi connectivity index (χ2v) is 5.31. The highest BCUT2D eigenvalue weighted by Crippen LogP contribution is 2.31. The zero-order valence-electron chi connectivity index (χ0n) is 11.9. The van der Waals surface area contributed by atoms with Crippen molar-refractivity contribution in [2.45, 2.75) is 18.9 Å². The number of carbonyl (C=O) groups is 1. The minimum absolute atomic E-state index is 0.0112. The van der Waals surface area contributed by atoms with E-state index in [1.54, 1.807) is 0 Å². The van der Waals surface area contributed by atoms with Crippen molar-refractivity contribution in [3.8, 4) is 5.75 Å². The molecule has 1 fully saturated rings. The van der Waals surface area contributed by atoms with E-state index in [0.29, 0.717) is 12.6 Å². The van der Waals surface area contributed by atoms with Gasteiger partial charge in [0.05, 0.1) is 12.6 Å². The van der Waals surface area contributed by atoms with Crippen LogP contribution in [-0.4, -0.2) is 43.0 Å². The van der Waals surface area contributed by atoms with E-state index in [4.69, 9.17) is 10.5 Å². The summed E-state index contributed by atoms with van der Waals surface area (Å²) in [5, 5.41) is 3.01. The quantitative estimate of drug-likeness (QED) is 0.632. The fourth-order valence-electron chi connectivity index (χ4n) is 2.53. The summed E-state index contributed by atoms with van der Waals surface area (Å²) in [6.07, 6.45) is 1.91. The molecule has 1 atom stereocenters. The molecule has 0 spiro atoms. The summed E-state index contributed by atoms with van der Waals surface area (Å²) in [5.74, 6) is 1.20. The van der Waals surface area contributed by atoms with E-state index in [9.17, 15) is 4.79 Å². The largest absolute Gasteiger partial charge is 0.493 e. The van der Waals surface area contributed by atoms with E-state index in [0.717, 1.165) is 37.2 Å². The smallest absolute Gasteiger partial charge is 0.242 e. The first-order valence-electron chi connectivity index (χ1n) is 7.30. The number of guanidine groups is 1. The maximum atomic E-state index is 12.0. The molecule has 2 aliphatic heterocycles. The van der Waals surface area contributed by atoms with Gasteiger partial charge >= 0.3 is 0 Å². The first kappa shape index (κ1) is 13.7. The number of aliphatic imine (C=N–C) groups is 1. The molecule has 1 amide bonds. The number of benzene rings is 1. The Bertz CT molecular complexity index is 554. The molecule has 21 heavy (non-hydrogen) atoms. The summed E-state index contributed by atoms with van der Waals surface area (Å²) in [6, 6.07) is 7.78. The van der Waals surface area contributed by atoms with E-state index < -0.39 is 0 Å². The van der Waals surface area contributed by atoms with Gasteiger partial charge in [-0.15, -0.1) is 0 Å². The van der Waals surface area contributed by atoms with Crippen LogP contribution in [0, 0.1) is 0 Å². The SMILES string of the molecule is NC(=NCC(=O)NC1CCOc2ccccc21)N1CCC1. The monoisotopic (exact) mass is 288 g/mol. The lowest BCUT2D eigenvalue weighted by atomic mass is 10.0. The number of fused-ring (bicyclic) bond motifs is 1. The van der Waals surface area contributed by atoms with Gasteiger partial charge in [-0.3, -0.25) is 4.79 Å². The van der Waals surface area contributed by atoms with Gasteiger partial charge in [0, 0.05) is 25.1 Å². The van der Waals surface area contributed by atoms with E-state index in [1.165, 1.54) is 0 Å². The van der Waals surface area contributed by atoms with Crippen LogP contribution in [0.2, 0.25) is 0 Å². The van der Waals surface area contributed by atoms with Crippen LogP contribution in [0.5, 0.6) is 5.75 Å². The molecule has 3 rings (SSSR count). The number of carbonyl (C=O) groups excluding carboxylic acids is 1. The molecule has 0 bridgehead atoms. The van der Waals surface area contributed by atoms with Crippen molar-refractivity contribution in [2.75, 3.05) is 26.2 Å². The summed E-state index contributed by atoms with van der Waals surface area (Å²) in [7, 11) is 0. The standard InChI is InChI=1S/C15H20N4O2/c16-15(19-7-3-8-19)17-10-14(20)18-12-6-9-21-13-5-2-1-4-11(12)13/h1-2,4-5,12H,3,6-10H2,(H2,16,17)(H,18,20). The number of rotatable bonds is 3. The molecule has 2 aliphatic rings. The van der Waals surface area contributed by atoms with Gasteiger partial charge in [-0.05, 0) is 12.5 Å². The third-order valence-corrected chi connectivity index (χ3v) is 3.86. The highest BCUT2D eigenvalue weighted by molar-refractivity contribution is 5.84. The summed E-state index contributed by atoms with van der Waals surface area (Å²) < 4.78 is 5.58. The Kier molecular flexibility index (Phi) is 3.94. The first-order chi connectivity index (χ1) is 10.2. The van der Waals surface area contributed by atoms with Crippen molar-refractivity contribution in [3.63, 3.8) is 0 Å². The Hall–Kier alpha value is -2.24. The van der Waals surface area contributed by atoms with E-state index in [2.05, 4.69) is 10.3 Å². The summed E-state index contributed by atoms with van der Waals surface area (Å²) in [6.45, 7) is 2.55. The molecule has 0 aromatic heterocycles. The van der Waals surface area contributed by atoms with Crippen LogP contribution < -0.4 is 15.8 Å². The zero-order valence-corrected chi connectivity index (χ0v) is 11.9. The van der Waals surface area contributed by atoms with Crippen LogP contribution in [0.4, 0.5) is 0 Å². The van der Waals surface area contributed by atoms with Crippen molar-refractivity contribution in [1.29, 1.82) is 0 Å². The molecule has 3 N–H and O–H groups in total. The van der Waals surface area contributed by atoms with Crippen LogP contribution in [0.15, 0.2) is 29.3 Å². The molecule has 112 valence electrons. The maximum Gasteiger partial charge on any atom is 0.242 e. The van der Waals surface area contributed by atoms with Crippen molar-refractivity contribution in [1.82, 2.24) is 10.2 Å². The summed E-state index contributed by atoms with van der Waals surface area (Å²) in [5.41, 5.74) is 6.84. The highest BCUT2D eigenvalue weighted by Gasteiger charge is 2.22. The molecule has 1 unspecified atom stereocenters. The van der Waals surface area contributed by atoms with Crippen LogP contribution in [0.25, 0.3) is 0 Å². The Morgan fingerprint density at radius 2 is 2.24 bits per heavy atom. The number of amides is 1. The Labute approximate surface area is 124 Å². The molecule has 1 aromatic carbocycles. The Morgan fingerprint density at radius 3 is 3.00 bits per heavy atom. The van der Waals surface area contributed by atoms with Crippen LogP contribution in [0.1, 0.15) is 24.4 Å². The third-order valence-electron chi connectivity index (χ3n) is 3.86. The van der Waals surface area contributed by atoms with Crippen molar-refractivity contribution >= 4 is 11.9 Å². The molecular weight excluding hydrogens is 268 g/mol. The molecule has 6 nitrogen and oxygen atoms in total. The number of nitrogens with two attached hydrogens (primary N) is 1. The van der Waals surface area contributed by atoms with Crippen molar-refractivity contribution in [3.05, 3.63) is 29.8 Å². The van der Waals surface area contributed by atoms with E-state index in [-0.39, 0.29) is 18.5 Å². The second-order valence-electron chi connectivity index (χ2n) is 5.31. The van der Waals surface area contributed by atoms with Gasteiger partial charge in [-0.1, -0.05) is 18.2 Å². The number of hydrogen-bond donors (Lipinski definition) is 2. The van der Waals surface area contributed by atoms with Crippen molar-refractivity contribution < 1.29 is 9.53 Å². The molecule has 1 aromatic rings. The van der Waals surface area contributed by atoms with Gasteiger partial charge in [-0.2, -0.15) is 0 Å². The number of likely N-dealkylation sites (tertiary alicyclic amines) is 1. The van der Waals surface area contributed by atoms with Gasteiger partial charge in [0.1, 0.15) is 12.3 Å². The van der Waals surface area contributed by atoms with Gasteiger partial charge in [-0.25, -0.2) is 4.99 Å². The van der Waals surface area contributed by atoms with Gasteiger partial charge in [0.2, 0.25) is 5.91 Å². The predicted molar refractivity (Wildman–Crippen MR) is 80.1 cm³/mol. The molecular formula is C15H20N4O2. The van der Waals surface area contributed by atoms with E-state index in [1.807, 2.05) is 29.2 Å². The minimum atomic E-state index is -0.111. The molecule has 0 aliphatic carbocycles. The zero-order chi connectivity index (χ0) is 14.7. The lowest BCUT2D eigenvalue weighted by Crippen LogP contribution is -2.46. The van der Waals surface area contributed by atoms with Gasteiger partial charge in [0.15, 0.2) is 5.96 Å². The molecule has 1 saturated heterocycles. The third kappa shape index (κ3) is 3.09. The fraction of sp³-hybridized carbons (Fsp3) is 0.467. The number of ether oxygens (including phenoxy) is 1. The highest BCUT2D eigenvalue weighted by atomic mass is 16.5. The first-order valence-corrected chi connectivity index (χ1v) is 7.30. The van der Waals surface area contributed by atoms with Crippen LogP contribution in [-0.2, 0) is 4.79 Å². The molecule has 2 heterocycles. The average Bonchev–Trinajstić information content (AvgIpc) is 2.44. The maximum absolute atomic E-state index is 12.0. The lowest BCUT2D eigenvalue weighted by Gasteiger charge is -2.31. The lowest BCUT2D eigenvalue weighted by molar-refractivity contribution is -0.120. The fourth-order valence-corrected chi connectivity index (χ4v) is 2.53. The molecule has 0 radical (unpaired) electrons. The Balaban J connectivity index is 1.58. The van der Waals surface area contributed by atoms with Crippen LogP contribution in [0.3, 0.4) is 0 Å². The molecule has 0 saturated carbocycles. The predicted octanol–water partition coefficient (Wildman–Crippen LogP) is 0.647. The normalized spacial score (nSPS) is 21.0. The van der Waals surface area contributed by atoms with Gasteiger partial charge in [0.25, 0.3) is 0 Å².